The molecule has 2 aromatic carbocycles. The van der Waals surface area contributed by atoms with E-state index in [9.17, 15) is 5.26 Å². The summed E-state index contributed by atoms with van der Waals surface area (Å²) < 4.78 is 5.92. The lowest BCUT2D eigenvalue weighted by atomic mass is 10.1. The highest BCUT2D eigenvalue weighted by molar-refractivity contribution is 7.12. The van der Waals surface area contributed by atoms with Crippen LogP contribution in [0.2, 0.25) is 0 Å². The number of nitriles is 1. The molecule has 0 amide bonds. The van der Waals surface area contributed by atoms with Crippen LogP contribution >= 0.6 is 11.3 Å². The molecule has 0 aliphatic heterocycles. The average Bonchev–Trinajstić information content (AvgIpc) is 3.11. The summed E-state index contributed by atoms with van der Waals surface area (Å²) in [5.41, 5.74) is 10.3. The van der Waals surface area contributed by atoms with Crippen LogP contribution < -0.4 is 15.8 Å². The summed E-state index contributed by atoms with van der Waals surface area (Å²) in [7, 11) is 0. The number of thiophene rings is 1. The molecular weight excluding hydrogens is 342 g/mol. The maximum Gasteiger partial charge on any atom is 0.192 e. The first-order valence-corrected chi connectivity index (χ1v) is 9.38. The highest BCUT2D eigenvalue weighted by Gasteiger charge is 2.14. The van der Waals surface area contributed by atoms with Gasteiger partial charge in [0, 0.05) is 30.6 Å². The first-order chi connectivity index (χ1) is 12.8. The van der Waals surface area contributed by atoms with E-state index in [1.807, 2.05) is 35.7 Å². The Morgan fingerprint density at radius 2 is 1.77 bits per heavy atom. The number of ether oxygens (including phenoxy) is 1. The molecule has 1 aromatic heterocycles. The third-order valence-electron chi connectivity index (χ3n) is 4.00. The fourth-order valence-electron chi connectivity index (χ4n) is 2.62. The quantitative estimate of drug-likeness (QED) is 0.595. The van der Waals surface area contributed by atoms with Crippen LogP contribution in [0.5, 0.6) is 5.06 Å². The summed E-state index contributed by atoms with van der Waals surface area (Å²) in [5, 5.41) is 15.5. The van der Waals surface area contributed by atoms with Crippen molar-refractivity contribution in [2.24, 2.45) is 5.73 Å². The molecule has 0 spiro atoms. The van der Waals surface area contributed by atoms with E-state index in [0.29, 0.717) is 23.8 Å². The predicted octanol–water partition coefficient (Wildman–Crippen LogP) is 3.91. The maximum atomic E-state index is 9.55. The van der Waals surface area contributed by atoms with Crippen LogP contribution in [0, 0.1) is 11.3 Å². The van der Waals surface area contributed by atoms with Gasteiger partial charge in [-0.1, -0.05) is 54.6 Å². The van der Waals surface area contributed by atoms with Gasteiger partial charge < -0.3 is 15.8 Å². The molecule has 0 aliphatic carbocycles. The Hall–Kier alpha value is -2.65. The van der Waals surface area contributed by atoms with Gasteiger partial charge in [0.15, 0.2) is 5.06 Å². The molecule has 0 fully saturated rings. The van der Waals surface area contributed by atoms with E-state index >= 15 is 0 Å². The molecule has 1 heterocycles. The standard InChI is InChI=1S/C21H21N3OS/c22-10-11-24-13-16-6-8-17(9-7-16)14-25-21-19(12-23)20(15-26-21)18-4-2-1-3-5-18/h1-9,15,24H,10-11,13-14,22H2. The smallest absolute Gasteiger partial charge is 0.192 e. The molecule has 0 bridgehead atoms. The van der Waals surface area contributed by atoms with Crippen LogP contribution in [0.1, 0.15) is 16.7 Å². The van der Waals surface area contributed by atoms with Gasteiger partial charge in [0.1, 0.15) is 18.2 Å². The Bertz CT molecular complexity index is 867. The van der Waals surface area contributed by atoms with Gasteiger partial charge in [-0.05, 0) is 16.7 Å². The first-order valence-electron chi connectivity index (χ1n) is 8.50. The van der Waals surface area contributed by atoms with Crippen LogP contribution in [0.4, 0.5) is 0 Å². The third-order valence-corrected chi connectivity index (χ3v) is 4.89. The van der Waals surface area contributed by atoms with E-state index in [1.165, 1.54) is 16.9 Å². The van der Waals surface area contributed by atoms with Gasteiger partial charge in [-0.25, -0.2) is 0 Å². The zero-order chi connectivity index (χ0) is 18.2. The maximum absolute atomic E-state index is 9.55. The summed E-state index contributed by atoms with van der Waals surface area (Å²) >= 11 is 1.47. The number of nitrogens with one attached hydrogen (secondary N) is 1. The zero-order valence-corrected chi connectivity index (χ0v) is 15.3. The average molecular weight is 363 g/mol. The monoisotopic (exact) mass is 363 g/mol. The molecule has 3 rings (SSSR count). The van der Waals surface area contributed by atoms with Crippen LogP contribution in [-0.2, 0) is 13.2 Å². The molecule has 26 heavy (non-hydrogen) atoms. The Morgan fingerprint density at radius 1 is 1.04 bits per heavy atom. The van der Waals surface area contributed by atoms with Crippen molar-refractivity contribution in [3.8, 4) is 22.3 Å². The van der Waals surface area contributed by atoms with E-state index < -0.39 is 0 Å². The van der Waals surface area contributed by atoms with Crippen molar-refractivity contribution >= 4 is 11.3 Å². The van der Waals surface area contributed by atoms with Gasteiger partial charge in [-0.3, -0.25) is 0 Å². The molecule has 0 atom stereocenters. The molecule has 3 N–H and O–H groups in total. The molecule has 0 aliphatic rings. The molecule has 5 heteroatoms. The van der Waals surface area contributed by atoms with E-state index in [4.69, 9.17) is 10.5 Å². The minimum Gasteiger partial charge on any atom is -0.478 e. The summed E-state index contributed by atoms with van der Waals surface area (Å²) in [6.07, 6.45) is 0. The zero-order valence-electron chi connectivity index (χ0n) is 14.4. The second-order valence-electron chi connectivity index (χ2n) is 5.86. The normalized spacial score (nSPS) is 10.5. The number of nitrogens with two attached hydrogens (primary N) is 1. The largest absolute Gasteiger partial charge is 0.478 e. The van der Waals surface area contributed by atoms with Crippen molar-refractivity contribution in [2.75, 3.05) is 13.1 Å². The lowest BCUT2D eigenvalue weighted by Crippen LogP contribution is -2.21. The third kappa shape index (κ3) is 4.50. The van der Waals surface area contributed by atoms with Crippen LogP contribution in [0.25, 0.3) is 11.1 Å². The molecule has 3 aromatic rings. The second-order valence-corrected chi connectivity index (χ2v) is 6.70. The van der Waals surface area contributed by atoms with Crippen molar-refractivity contribution in [3.05, 3.63) is 76.7 Å². The Morgan fingerprint density at radius 3 is 2.46 bits per heavy atom. The lowest BCUT2D eigenvalue weighted by Gasteiger charge is -2.07. The number of hydrogen-bond donors (Lipinski definition) is 2. The van der Waals surface area contributed by atoms with Crippen LogP contribution in [-0.4, -0.2) is 13.1 Å². The predicted molar refractivity (Wildman–Crippen MR) is 106 cm³/mol. The molecule has 4 nitrogen and oxygen atoms in total. The van der Waals surface area contributed by atoms with E-state index in [2.05, 4.69) is 35.7 Å². The van der Waals surface area contributed by atoms with Gasteiger partial charge in [0.25, 0.3) is 0 Å². The molecule has 132 valence electrons. The summed E-state index contributed by atoms with van der Waals surface area (Å²) in [5.74, 6) is 0. The summed E-state index contributed by atoms with van der Waals surface area (Å²) in [4.78, 5) is 0. The minimum absolute atomic E-state index is 0.444. The molecular formula is C21H21N3OS. The Labute approximate surface area is 157 Å². The van der Waals surface area contributed by atoms with Crippen molar-refractivity contribution in [2.45, 2.75) is 13.2 Å². The molecule has 0 unspecified atom stereocenters. The van der Waals surface area contributed by atoms with Crippen LogP contribution in [0.3, 0.4) is 0 Å². The van der Waals surface area contributed by atoms with Crippen molar-refractivity contribution in [1.29, 1.82) is 5.26 Å². The number of benzene rings is 2. The topological polar surface area (TPSA) is 71.1 Å². The summed E-state index contributed by atoms with van der Waals surface area (Å²) in [6.45, 7) is 2.70. The number of rotatable bonds is 8. The van der Waals surface area contributed by atoms with E-state index in [1.54, 1.807) is 0 Å². The van der Waals surface area contributed by atoms with Gasteiger partial charge >= 0.3 is 0 Å². The Balaban J connectivity index is 1.65. The van der Waals surface area contributed by atoms with E-state index in [-0.39, 0.29) is 0 Å². The van der Waals surface area contributed by atoms with Crippen molar-refractivity contribution < 1.29 is 4.74 Å². The summed E-state index contributed by atoms with van der Waals surface area (Å²) in [6, 6.07) is 20.5. The first kappa shape index (κ1) is 18.2. The molecule has 0 radical (unpaired) electrons. The fraction of sp³-hybridized carbons (Fsp3) is 0.190. The van der Waals surface area contributed by atoms with Crippen molar-refractivity contribution in [3.63, 3.8) is 0 Å². The van der Waals surface area contributed by atoms with Crippen molar-refractivity contribution in [1.82, 2.24) is 5.32 Å². The number of hydrogen-bond acceptors (Lipinski definition) is 5. The van der Waals surface area contributed by atoms with E-state index in [0.717, 1.165) is 29.8 Å². The molecule has 0 saturated heterocycles. The van der Waals surface area contributed by atoms with Gasteiger partial charge in [0.2, 0.25) is 0 Å². The fourth-order valence-corrected chi connectivity index (χ4v) is 3.50. The van der Waals surface area contributed by atoms with Gasteiger partial charge in [-0.15, -0.1) is 11.3 Å². The molecule has 0 saturated carbocycles. The Kier molecular flexibility index (Phi) is 6.39. The lowest BCUT2D eigenvalue weighted by molar-refractivity contribution is 0.315. The van der Waals surface area contributed by atoms with Gasteiger partial charge in [0.05, 0.1) is 0 Å². The highest BCUT2D eigenvalue weighted by Crippen LogP contribution is 2.37. The second kappa shape index (κ2) is 9.16. The SMILES string of the molecule is N#Cc1c(-c2ccccc2)csc1OCc1ccc(CNCCN)cc1. The van der Waals surface area contributed by atoms with Crippen LogP contribution in [0.15, 0.2) is 60.0 Å². The number of nitrogens with zero attached hydrogens (tertiary/aromatic N) is 1. The highest BCUT2D eigenvalue weighted by atomic mass is 32.1. The van der Waals surface area contributed by atoms with Gasteiger partial charge in [-0.2, -0.15) is 5.26 Å². The minimum atomic E-state index is 0.444.